The number of hydrogen-bond donors (Lipinski definition) is 1. The van der Waals surface area contributed by atoms with E-state index in [1.54, 1.807) is 23.4 Å². The van der Waals surface area contributed by atoms with Crippen LogP contribution in [0.2, 0.25) is 0 Å². The predicted molar refractivity (Wildman–Crippen MR) is 116 cm³/mol. The summed E-state index contributed by atoms with van der Waals surface area (Å²) in [4.78, 5) is 22.3. The first kappa shape index (κ1) is 19.7. The lowest BCUT2D eigenvalue weighted by molar-refractivity contribution is 0.106. The van der Waals surface area contributed by atoms with E-state index in [1.165, 1.54) is 17.5 Å². The van der Waals surface area contributed by atoms with Crippen molar-refractivity contribution in [2.75, 3.05) is 5.43 Å². The number of benzene rings is 1. The lowest BCUT2D eigenvalue weighted by Gasteiger charge is -2.26. The quantitative estimate of drug-likeness (QED) is 0.643. The number of fused-ring (bicyclic) bond motifs is 1. The average molecular weight is 417 g/mol. The second-order valence-corrected chi connectivity index (χ2v) is 8.90. The number of Topliss-reactive ketones (excluding diaryl/α,β-unsaturated/α-hetero) is 1. The van der Waals surface area contributed by atoms with E-state index in [2.05, 4.69) is 26.6 Å². The summed E-state index contributed by atoms with van der Waals surface area (Å²) < 4.78 is 0. The van der Waals surface area contributed by atoms with Crippen molar-refractivity contribution in [1.82, 2.24) is 15.1 Å². The zero-order chi connectivity index (χ0) is 21.3. The number of carbonyl (C=O) groups is 1. The van der Waals surface area contributed by atoms with Crippen molar-refractivity contribution in [3.63, 3.8) is 0 Å². The molecule has 3 aromatic rings. The van der Waals surface area contributed by atoms with Crippen molar-refractivity contribution in [1.29, 1.82) is 5.26 Å². The molecule has 0 aliphatic carbocycles. The van der Waals surface area contributed by atoms with Crippen LogP contribution in [0.25, 0.3) is 0 Å². The first-order valence-electron chi connectivity index (χ1n) is 9.44. The first-order valence-corrected chi connectivity index (χ1v) is 10.3. The molecule has 0 radical (unpaired) electrons. The largest absolute Gasteiger partial charge is 0.287 e. The van der Waals surface area contributed by atoms with Crippen molar-refractivity contribution in [3.05, 3.63) is 76.1 Å². The Hall–Kier alpha value is -3.57. The molecule has 1 aliphatic heterocycles. The van der Waals surface area contributed by atoms with Crippen molar-refractivity contribution in [2.24, 2.45) is 5.10 Å². The summed E-state index contributed by atoms with van der Waals surface area (Å²) in [5.41, 5.74) is 6.24. The van der Waals surface area contributed by atoms with Crippen LogP contribution >= 0.6 is 11.3 Å². The molecule has 0 saturated heterocycles. The van der Waals surface area contributed by atoms with Gasteiger partial charge in [-0.25, -0.2) is 10.1 Å². The van der Waals surface area contributed by atoms with Gasteiger partial charge in [-0.15, -0.1) is 0 Å². The Morgan fingerprint density at radius 2 is 2.03 bits per heavy atom. The topological polar surface area (TPSA) is 94.3 Å². The number of hydrazine groups is 1. The van der Waals surface area contributed by atoms with Crippen molar-refractivity contribution < 1.29 is 4.79 Å². The molecule has 8 heteroatoms. The molecule has 0 spiro atoms. The molecule has 0 bridgehead atoms. The van der Waals surface area contributed by atoms with Crippen LogP contribution < -0.4 is 5.43 Å². The van der Waals surface area contributed by atoms with Crippen LogP contribution in [0.4, 0.5) is 5.13 Å². The third-order valence-corrected chi connectivity index (χ3v) is 5.48. The molecule has 2 aromatic heterocycles. The van der Waals surface area contributed by atoms with Gasteiger partial charge >= 0.3 is 0 Å². The molecule has 0 fully saturated rings. The van der Waals surface area contributed by atoms with Gasteiger partial charge in [0.25, 0.3) is 0 Å². The van der Waals surface area contributed by atoms with Gasteiger partial charge in [-0.3, -0.25) is 15.2 Å². The lowest BCUT2D eigenvalue weighted by Crippen LogP contribution is -2.33. The van der Waals surface area contributed by atoms with Gasteiger partial charge in [0, 0.05) is 28.9 Å². The smallest absolute Gasteiger partial charge is 0.215 e. The maximum atomic E-state index is 13.1. The van der Waals surface area contributed by atoms with E-state index >= 15 is 0 Å². The fourth-order valence-corrected chi connectivity index (χ4v) is 4.16. The third kappa shape index (κ3) is 3.80. The van der Waals surface area contributed by atoms with Crippen molar-refractivity contribution in [2.45, 2.75) is 32.7 Å². The first-order chi connectivity index (χ1) is 14.4. The summed E-state index contributed by atoms with van der Waals surface area (Å²) in [6.45, 7) is 6.53. The minimum Gasteiger partial charge on any atom is -0.287 e. The summed E-state index contributed by atoms with van der Waals surface area (Å²) in [6.07, 6.45) is 3.17. The predicted octanol–water partition coefficient (Wildman–Crippen LogP) is 4.14. The molecule has 7 nitrogen and oxygen atoms in total. The van der Waals surface area contributed by atoms with Gasteiger partial charge in [-0.2, -0.15) is 10.4 Å². The van der Waals surface area contributed by atoms with Gasteiger partial charge in [-0.1, -0.05) is 56.4 Å². The number of carbonyl (C=O) groups excluding carboxylic acids is 1. The van der Waals surface area contributed by atoms with Gasteiger partial charge in [0.15, 0.2) is 0 Å². The monoisotopic (exact) mass is 416 g/mol. The number of nitriles is 1. The second kappa shape index (κ2) is 7.69. The van der Waals surface area contributed by atoms with Crippen LogP contribution in [0.15, 0.2) is 53.9 Å². The molecule has 30 heavy (non-hydrogen) atoms. The molecule has 150 valence electrons. The van der Waals surface area contributed by atoms with E-state index in [0.29, 0.717) is 27.8 Å². The highest BCUT2D eigenvalue weighted by atomic mass is 32.1. The Morgan fingerprint density at radius 3 is 2.70 bits per heavy atom. The molecule has 0 amide bonds. The minimum absolute atomic E-state index is 0.200. The summed E-state index contributed by atoms with van der Waals surface area (Å²) >= 11 is 1.28. The second-order valence-electron chi connectivity index (χ2n) is 7.90. The average Bonchev–Trinajstić information content (AvgIpc) is 3.17. The number of hydrogen-bond acceptors (Lipinski definition) is 8. The maximum Gasteiger partial charge on any atom is 0.215 e. The van der Waals surface area contributed by atoms with Crippen LogP contribution in [0.5, 0.6) is 0 Å². The highest BCUT2D eigenvalue weighted by molar-refractivity contribution is 7.16. The van der Waals surface area contributed by atoms with Gasteiger partial charge in [-0.05, 0) is 17.7 Å². The fourth-order valence-electron chi connectivity index (χ4n) is 3.19. The highest BCUT2D eigenvalue weighted by Gasteiger charge is 2.27. The molecule has 4 rings (SSSR count). The van der Waals surface area contributed by atoms with Crippen molar-refractivity contribution >= 4 is 28.0 Å². The number of nitrogens with zero attached hydrogens (tertiary/aromatic N) is 5. The molecule has 3 heterocycles. The van der Waals surface area contributed by atoms with Crippen LogP contribution in [0, 0.1) is 11.3 Å². The summed E-state index contributed by atoms with van der Waals surface area (Å²) in [7, 11) is 0. The number of nitrogens with one attached hydrogen (secondary N) is 1. The number of thiazole rings is 1. The number of rotatable bonds is 4. The van der Waals surface area contributed by atoms with Crippen LogP contribution in [-0.4, -0.2) is 26.6 Å². The molecule has 0 unspecified atom stereocenters. The maximum absolute atomic E-state index is 13.1. The van der Waals surface area contributed by atoms with E-state index in [-0.39, 0.29) is 11.2 Å². The van der Waals surface area contributed by atoms with Gasteiger partial charge < -0.3 is 0 Å². The minimum atomic E-state index is -0.249. The van der Waals surface area contributed by atoms with E-state index < -0.39 is 0 Å². The normalized spacial score (nSPS) is 13.3. The number of ketones is 1. The Labute approximate surface area is 178 Å². The highest BCUT2D eigenvalue weighted by Crippen LogP contribution is 2.32. The zero-order valence-corrected chi connectivity index (χ0v) is 17.7. The molecule has 0 atom stereocenters. The molecular formula is C22H20N6OS. The van der Waals surface area contributed by atoms with Crippen LogP contribution in [-0.2, 0) is 12.0 Å². The standard InChI is InChI=1S/C22H20N6OS/c1-22(2,3)20-17(11-23)30-21(25-20)27-28-13-15-7-4-5-9-16(15)18(26-28)19(29)14-8-6-10-24-12-14/h4-10,12H,13H2,1-3H3,(H,25,27). The molecule has 1 aliphatic rings. The molecule has 1 N–H and O–H groups in total. The van der Waals surface area contributed by atoms with E-state index in [9.17, 15) is 10.1 Å². The Balaban J connectivity index is 1.69. The number of aromatic nitrogens is 2. The van der Waals surface area contributed by atoms with Gasteiger partial charge in [0.2, 0.25) is 10.9 Å². The summed E-state index contributed by atoms with van der Waals surface area (Å²) in [6, 6.07) is 13.4. The number of hydrazone groups is 1. The summed E-state index contributed by atoms with van der Waals surface area (Å²) in [5.74, 6) is -0.200. The number of anilines is 1. The fraction of sp³-hybridized carbons (Fsp3) is 0.227. The van der Waals surface area contributed by atoms with Gasteiger partial charge in [0.1, 0.15) is 16.7 Å². The van der Waals surface area contributed by atoms with E-state index in [4.69, 9.17) is 0 Å². The Morgan fingerprint density at radius 1 is 1.23 bits per heavy atom. The molecule has 0 saturated carbocycles. The lowest BCUT2D eigenvalue weighted by atomic mass is 9.91. The Bertz CT molecular complexity index is 1170. The number of pyridine rings is 1. The van der Waals surface area contributed by atoms with Crippen LogP contribution in [0.3, 0.4) is 0 Å². The third-order valence-electron chi connectivity index (χ3n) is 4.62. The van der Waals surface area contributed by atoms with Gasteiger partial charge in [0.05, 0.1) is 12.2 Å². The molecular weight excluding hydrogens is 396 g/mol. The Kier molecular flexibility index (Phi) is 5.06. The van der Waals surface area contributed by atoms with Crippen molar-refractivity contribution in [3.8, 4) is 6.07 Å². The van der Waals surface area contributed by atoms with E-state index in [1.807, 2.05) is 45.0 Å². The SMILES string of the molecule is CC(C)(C)c1nc(NN2Cc3ccccc3C(C(=O)c3cccnc3)=N2)sc1C#N. The summed E-state index contributed by atoms with van der Waals surface area (Å²) in [5, 5.41) is 16.2. The van der Waals surface area contributed by atoms with E-state index in [0.717, 1.165) is 16.8 Å². The molecule has 1 aromatic carbocycles. The van der Waals surface area contributed by atoms with Crippen LogP contribution in [0.1, 0.15) is 52.8 Å². The zero-order valence-electron chi connectivity index (χ0n) is 16.9.